The highest BCUT2D eigenvalue weighted by Crippen LogP contribution is 2.38. The van der Waals surface area contributed by atoms with E-state index in [1.165, 1.54) is 16.7 Å². The van der Waals surface area contributed by atoms with Crippen molar-refractivity contribution in [1.82, 2.24) is 0 Å². The molecule has 0 radical (unpaired) electrons. The summed E-state index contributed by atoms with van der Waals surface area (Å²) in [5.41, 5.74) is 3.63. The summed E-state index contributed by atoms with van der Waals surface area (Å²) in [6.45, 7) is 4.43. The molecule has 0 saturated carbocycles. The monoisotopic (exact) mass is 376 g/mol. The Morgan fingerprint density at radius 3 is 1.11 bits per heavy atom. The van der Waals surface area contributed by atoms with Gasteiger partial charge in [0.05, 0.1) is 0 Å². The van der Waals surface area contributed by atoms with Gasteiger partial charge < -0.3 is 15.3 Å². The molecule has 3 N–H and O–H groups in total. The molecule has 0 amide bonds. The lowest BCUT2D eigenvalue weighted by Gasteiger charge is -2.25. The molecular formula is C25H28O3. The van der Waals surface area contributed by atoms with E-state index in [0.717, 1.165) is 12.8 Å². The normalized spacial score (nSPS) is 14.4. The summed E-state index contributed by atoms with van der Waals surface area (Å²) in [6.07, 6.45) is 1.94. The smallest absolute Gasteiger partial charge is 0.115 e. The summed E-state index contributed by atoms with van der Waals surface area (Å²) in [5.74, 6) is 1.85. The molecule has 0 bridgehead atoms. The molecule has 0 saturated heterocycles. The van der Waals surface area contributed by atoms with E-state index in [1.807, 2.05) is 36.4 Å². The maximum Gasteiger partial charge on any atom is 0.115 e. The van der Waals surface area contributed by atoms with Crippen LogP contribution in [0.2, 0.25) is 0 Å². The zero-order valence-electron chi connectivity index (χ0n) is 16.4. The summed E-state index contributed by atoms with van der Waals surface area (Å²) in [7, 11) is 0. The second-order valence-corrected chi connectivity index (χ2v) is 7.75. The van der Waals surface area contributed by atoms with Crippen molar-refractivity contribution < 1.29 is 15.3 Å². The summed E-state index contributed by atoms with van der Waals surface area (Å²) < 4.78 is 0. The van der Waals surface area contributed by atoms with E-state index in [2.05, 4.69) is 13.8 Å². The molecule has 2 atom stereocenters. The number of rotatable bonds is 7. The van der Waals surface area contributed by atoms with Crippen LogP contribution in [0.3, 0.4) is 0 Å². The van der Waals surface area contributed by atoms with Crippen LogP contribution >= 0.6 is 0 Å². The number of phenolic OH excluding ortho intramolecular Hbond substituents is 3. The Morgan fingerprint density at radius 2 is 0.786 bits per heavy atom. The van der Waals surface area contributed by atoms with Crippen molar-refractivity contribution in [1.29, 1.82) is 0 Å². The van der Waals surface area contributed by atoms with Gasteiger partial charge in [-0.2, -0.15) is 0 Å². The van der Waals surface area contributed by atoms with Crippen LogP contribution in [0.25, 0.3) is 0 Å². The largest absolute Gasteiger partial charge is 0.508 e. The molecule has 2 unspecified atom stereocenters. The van der Waals surface area contributed by atoms with Gasteiger partial charge in [0.15, 0.2) is 0 Å². The lowest BCUT2D eigenvalue weighted by molar-refractivity contribution is 0.469. The summed E-state index contributed by atoms with van der Waals surface area (Å²) in [4.78, 5) is 0. The molecule has 28 heavy (non-hydrogen) atoms. The summed E-state index contributed by atoms with van der Waals surface area (Å²) >= 11 is 0. The molecule has 0 spiro atoms. The Hall–Kier alpha value is -2.94. The third kappa shape index (κ3) is 5.07. The predicted octanol–water partition coefficient (Wildman–Crippen LogP) is 6.27. The molecule has 0 aromatic heterocycles. The Bertz CT molecular complexity index is 814. The Balaban J connectivity index is 1.81. The van der Waals surface area contributed by atoms with E-state index in [0.29, 0.717) is 17.8 Å². The van der Waals surface area contributed by atoms with Crippen LogP contribution < -0.4 is 0 Å². The fourth-order valence-corrected chi connectivity index (χ4v) is 3.85. The molecule has 3 aromatic rings. The molecule has 3 nitrogen and oxygen atoms in total. The van der Waals surface area contributed by atoms with Gasteiger partial charge in [0, 0.05) is 0 Å². The van der Waals surface area contributed by atoms with Gasteiger partial charge in [-0.25, -0.2) is 0 Å². The first-order valence-corrected chi connectivity index (χ1v) is 9.79. The fraction of sp³-hybridized carbons (Fsp3) is 0.280. The molecule has 0 aliphatic heterocycles. The molecule has 3 rings (SSSR count). The molecule has 0 heterocycles. The van der Waals surface area contributed by atoms with Crippen molar-refractivity contribution in [2.45, 2.75) is 44.4 Å². The number of benzene rings is 3. The Labute approximate surface area is 166 Å². The van der Waals surface area contributed by atoms with Crippen LogP contribution in [-0.2, 0) is 0 Å². The van der Waals surface area contributed by atoms with Crippen LogP contribution in [0.5, 0.6) is 17.2 Å². The van der Waals surface area contributed by atoms with Gasteiger partial charge in [0.2, 0.25) is 0 Å². The van der Waals surface area contributed by atoms with Crippen LogP contribution in [0.4, 0.5) is 0 Å². The van der Waals surface area contributed by atoms with E-state index in [9.17, 15) is 15.3 Å². The first-order chi connectivity index (χ1) is 13.4. The predicted molar refractivity (Wildman–Crippen MR) is 113 cm³/mol. The number of hydrogen-bond donors (Lipinski definition) is 3. The standard InChI is InChI=1S/C25H28O3/c1-17(19-3-9-23(26)10-4-19)15-22(21-7-13-25(28)14-8-21)16-18(2)20-5-11-24(27)12-6-20/h3-14,17-18,22,26-28H,15-16H2,1-2H3. The van der Waals surface area contributed by atoms with Crippen LogP contribution in [0, 0.1) is 0 Å². The van der Waals surface area contributed by atoms with Crippen LogP contribution in [0.1, 0.15) is 61.1 Å². The van der Waals surface area contributed by atoms with Crippen molar-refractivity contribution in [3.05, 3.63) is 89.5 Å². The van der Waals surface area contributed by atoms with Crippen molar-refractivity contribution in [3.8, 4) is 17.2 Å². The first kappa shape index (κ1) is 19.8. The third-order valence-electron chi connectivity index (χ3n) is 5.56. The lowest BCUT2D eigenvalue weighted by atomic mass is 9.79. The van der Waals surface area contributed by atoms with Gasteiger partial charge in [0.1, 0.15) is 17.2 Å². The molecule has 3 aromatic carbocycles. The second kappa shape index (κ2) is 8.83. The average Bonchev–Trinajstić information content (AvgIpc) is 2.69. The molecule has 146 valence electrons. The number of aromatic hydroxyl groups is 3. The van der Waals surface area contributed by atoms with E-state index in [4.69, 9.17) is 0 Å². The first-order valence-electron chi connectivity index (χ1n) is 9.79. The van der Waals surface area contributed by atoms with Crippen molar-refractivity contribution in [2.75, 3.05) is 0 Å². The minimum Gasteiger partial charge on any atom is -0.508 e. The third-order valence-corrected chi connectivity index (χ3v) is 5.56. The quantitative estimate of drug-likeness (QED) is 0.455. The van der Waals surface area contributed by atoms with Gasteiger partial charge in [-0.05, 0) is 83.7 Å². The highest BCUT2D eigenvalue weighted by molar-refractivity contribution is 5.32. The van der Waals surface area contributed by atoms with Gasteiger partial charge in [-0.1, -0.05) is 50.2 Å². The summed E-state index contributed by atoms with van der Waals surface area (Å²) in [6, 6.07) is 22.4. The van der Waals surface area contributed by atoms with E-state index >= 15 is 0 Å². The van der Waals surface area contributed by atoms with Crippen LogP contribution in [-0.4, -0.2) is 15.3 Å². The second-order valence-electron chi connectivity index (χ2n) is 7.75. The minimum absolute atomic E-state index is 0.278. The highest BCUT2D eigenvalue weighted by Gasteiger charge is 2.20. The zero-order valence-corrected chi connectivity index (χ0v) is 16.4. The van der Waals surface area contributed by atoms with Gasteiger partial charge in [-0.3, -0.25) is 0 Å². The SMILES string of the molecule is CC(CC(CC(C)c1ccc(O)cc1)c1ccc(O)cc1)c1ccc(O)cc1. The maximum absolute atomic E-state index is 9.66. The Kier molecular flexibility index (Phi) is 6.25. The topological polar surface area (TPSA) is 60.7 Å². The highest BCUT2D eigenvalue weighted by atomic mass is 16.3. The van der Waals surface area contributed by atoms with Crippen molar-refractivity contribution in [2.24, 2.45) is 0 Å². The lowest BCUT2D eigenvalue weighted by Crippen LogP contribution is -2.08. The van der Waals surface area contributed by atoms with E-state index in [1.54, 1.807) is 36.4 Å². The number of hydrogen-bond acceptors (Lipinski definition) is 3. The van der Waals surface area contributed by atoms with Gasteiger partial charge in [0.25, 0.3) is 0 Å². The van der Waals surface area contributed by atoms with Gasteiger partial charge >= 0.3 is 0 Å². The van der Waals surface area contributed by atoms with Crippen molar-refractivity contribution in [3.63, 3.8) is 0 Å². The zero-order chi connectivity index (χ0) is 20.1. The molecular weight excluding hydrogens is 348 g/mol. The molecule has 0 fully saturated rings. The van der Waals surface area contributed by atoms with Crippen molar-refractivity contribution >= 4 is 0 Å². The fourth-order valence-electron chi connectivity index (χ4n) is 3.85. The van der Waals surface area contributed by atoms with Crippen LogP contribution in [0.15, 0.2) is 72.8 Å². The molecule has 3 heteroatoms. The maximum atomic E-state index is 9.66. The van der Waals surface area contributed by atoms with E-state index < -0.39 is 0 Å². The molecule has 0 aliphatic carbocycles. The van der Waals surface area contributed by atoms with Gasteiger partial charge in [-0.15, -0.1) is 0 Å². The molecule has 0 aliphatic rings. The average molecular weight is 376 g/mol. The summed E-state index contributed by atoms with van der Waals surface area (Å²) in [5, 5.41) is 28.8. The Morgan fingerprint density at radius 1 is 0.500 bits per heavy atom. The minimum atomic E-state index is 0.278. The van der Waals surface area contributed by atoms with E-state index in [-0.39, 0.29) is 17.2 Å². The number of phenols is 3.